The standard InChI is InChI=1S/C29H49N3O5/c1-9-10-11-12-13-16-19-32(26(35)23(20-33)30-27(36)37-29(6,7)8)24(25(34)31-28(3,4)5)22-18-15-14-17-21(22)2/h14-15,17-18,23-24,33H,9-13,16,19-20H2,1-8H3,(H,30,36)(H,31,34). The van der Waals surface area contributed by atoms with Crippen LogP contribution in [0.5, 0.6) is 0 Å². The van der Waals surface area contributed by atoms with Gasteiger partial charge in [0.15, 0.2) is 0 Å². The van der Waals surface area contributed by atoms with Gasteiger partial charge in [-0.15, -0.1) is 0 Å². The number of hydrogen-bond donors (Lipinski definition) is 3. The van der Waals surface area contributed by atoms with Crippen LogP contribution in [0.4, 0.5) is 4.79 Å². The zero-order valence-electron chi connectivity index (χ0n) is 24.1. The molecule has 8 heteroatoms. The van der Waals surface area contributed by atoms with Crippen molar-refractivity contribution in [2.75, 3.05) is 13.2 Å². The molecule has 2 atom stereocenters. The Balaban J connectivity index is 3.37. The smallest absolute Gasteiger partial charge is 0.408 e. The molecule has 0 heterocycles. The molecule has 0 aliphatic rings. The highest BCUT2D eigenvalue weighted by Crippen LogP contribution is 2.27. The van der Waals surface area contributed by atoms with Crippen LogP contribution in [-0.4, -0.2) is 58.2 Å². The molecule has 0 aromatic heterocycles. The third-order valence-electron chi connectivity index (χ3n) is 5.75. The van der Waals surface area contributed by atoms with E-state index in [0.717, 1.165) is 37.7 Å². The van der Waals surface area contributed by atoms with Crippen LogP contribution in [-0.2, 0) is 14.3 Å². The van der Waals surface area contributed by atoms with Crippen molar-refractivity contribution in [2.45, 2.75) is 117 Å². The molecule has 3 N–H and O–H groups in total. The number of ether oxygens (including phenoxy) is 1. The minimum absolute atomic E-state index is 0.310. The zero-order chi connectivity index (χ0) is 28.2. The van der Waals surface area contributed by atoms with E-state index in [1.54, 1.807) is 20.8 Å². The lowest BCUT2D eigenvalue weighted by Crippen LogP contribution is -2.56. The fourth-order valence-electron chi connectivity index (χ4n) is 4.05. The normalized spacial score (nSPS) is 13.4. The van der Waals surface area contributed by atoms with Crippen molar-refractivity contribution < 1.29 is 24.2 Å². The van der Waals surface area contributed by atoms with Gasteiger partial charge in [-0.1, -0.05) is 63.3 Å². The number of aliphatic hydroxyl groups excluding tert-OH is 1. The summed E-state index contributed by atoms with van der Waals surface area (Å²) in [6.07, 6.45) is 5.27. The second kappa shape index (κ2) is 15.0. The van der Waals surface area contributed by atoms with Gasteiger partial charge in [0.25, 0.3) is 0 Å². The van der Waals surface area contributed by atoms with Gasteiger partial charge in [0, 0.05) is 12.1 Å². The Morgan fingerprint density at radius 2 is 1.57 bits per heavy atom. The molecule has 37 heavy (non-hydrogen) atoms. The largest absolute Gasteiger partial charge is 0.444 e. The molecule has 0 aliphatic carbocycles. The number of benzene rings is 1. The molecule has 1 aromatic carbocycles. The maximum absolute atomic E-state index is 13.9. The first-order valence-electron chi connectivity index (χ1n) is 13.5. The summed E-state index contributed by atoms with van der Waals surface area (Å²) in [5.41, 5.74) is 0.301. The summed E-state index contributed by atoms with van der Waals surface area (Å²) in [6.45, 7) is 14.6. The van der Waals surface area contributed by atoms with Gasteiger partial charge < -0.3 is 25.4 Å². The molecule has 0 saturated carbocycles. The summed E-state index contributed by atoms with van der Waals surface area (Å²) in [5, 5.41) is 15.6. The summed E-state index contributed by atoms with van der Waals surface area (Å²) in [5.74, 6) is -0.839. The predicted molar refractivity (Wildman–Crippen MR) is 147 cm³/mol. The molecular weight excluding hydrogens is 470 g/mol. The maximum Gasteiger partial charge on any atom is 0.408 e. The number of nitrogens with one attached hydrogen (secondary N) is 2. The third-order valence-corrected chi connectivity index (χ3v) is 5.75. The van der Waals surface area contributed by atoms with Crippen LogP contribution in [0.3, 0.4) is 0 Å². The zero-order valence-corrected chi connectivity index (χ0v) is 24.1. The van der Waals surface area contributed by atoms with Crippen molar-refractivity contribution in [3.8, 4) is 0 Å². The molecule has 0 bridgehead atoms. The molecule has 210 valence electrons. The Bertz CT molecular complexity index is 873. The minimum atomic E-state index is -1.25. The first-order chi connectivity index (χ1) is 17.2. The number of alkyl carbamates (subject to hydrolysis) is 1. The third kappa shape index (κ3) is 12.0. The quantitative estimate of drug-likeness (QED) is 0.317. The first-order valence-corrected chi connectivity index (χ1v) is 13.5. The van der Waals surface area contributed by atoms with Crippen LogP contribution in [0.2, 0.25) is 0 Å². The first kappa shape index (κ1) is 32.4. The molecule has 3 amide bonds. The Hall–Kier alpha value is -2.61. The number of amides is 3. The van der Waals surface area contributed by atoms with Crippen molar-refractivity contribution in [1.82, 2.24) is 15.5 Å². The lowest BCUT2D eigenvalue weighted by Gasteiger charge is -2.36. The van der Waals surface area contributed by atoms with E-state index in [0.29, 0.717) is 18.5 Å². The molecule has 2 unspecified atom stereocenters. The molecular formula is C29H49N3O5. The second-order valence-electron chi connectivity index (χ2n) is 11.7. The predicted octanol–water partition coefficient (Wildman–Crippen LogP) is 5.03. The van der Waals surface area contributed by atoms with E-state index in [-0.39, 0.29) is 5.91 Å². The van der Waals surface area contributed by atoms with Crippen LogP contribution in [0.25, 0.3) is 0 Å². The Morgan fingerprint density at radius 3 is 2.11 bits per heavy atom. The van der Waals surface area contributed by atoms with Crippen molar-refractivity contribution in [3.63, 3.8) is 0 Å². The highest BCUT2D eigenvalue weighted by molar-refractivity contribution is 5.92. The Morgan fingerprint density at radius 1 is 0.973 bits per heavy atom. The minimum Gasteiger partial charge on any atom is -0.444 e. The summed E-state index contributed by atoms with van der Waals surface area (Å²) < 4.78 is 5.30. The fourth-order valence-corrected chi connectivity index (χ4v) is 4.05. The number of nitrogens with zero attached hydrogens (tertiary/aromatic N) is 1. The molecule has 8 nitrogen and oxygen atoms in total. The summed E-state index contributed by atoms with van der Waals surface area (Å²) in [7, 11) is 0. The van der Waals surface area contributed by atoms with E-state index in [9.17, 15) is 19.5 Å². The van der Waals surface area contributed by atoms with Crippen molar-refractivity contribution in [2.24, 2.45) is 0 Å². The van der Waals surface area contributed by atoms with E-state index in [2.05, 4.69) is 17.6 Å². The second-order valence-corrected chi connectivity index (χ2v) is 11.7. The van der Waals surface area contributed by atoms with Crippen LogP contribution in [0.1, 0.15) is 104 Å². The molecule has 0 spiro atoms. The number of carbonyl (C=O) groups is 3. The van der Waals surface area contributed by atoms with Crippen LogP contribution in [0.15, 0.2) is 24.3 Å². The molecule has 0 aliphatic heterocycles. The average Bonchev–Trinajstić information content (AvgIpc) is 2.77. The van der Waals surface area contributed by atoms with E-state index in [1.807, 2.05) is 52.0 Å². The summed E-state index contributed by atoms with van der Waals surface area (Å²) >= 11 is 0. The van der Waals surface area contributed by atoms with Crippen LogP contribution in [0, 0.1) is 6.92 Å². The van der Waals surface area contributed by atoms with Gasteiger partial charge in [-0.25, -0.2) is 4.79 Å². The highest BCUT2D eigenvalue weighted by atomic mass is 16.6. The Labute approximate surface area is 223 Å². The SMILES string of the molecule is CCCCCCCCN(C(=O)C(CO)NC(=O)OC(C)(C)C)C(C(=O)NC(C)(C)C)c1ccccc1C. The summed E-state index contributed by atoms with van der Waals surface area (Å²) in [4.78, 5) is 41.5. The van der Waals surface area contributed by atoms with Gasteiger partial charge in [0.1, 0.15) is 17.7 Å². The van der Waals surface area contributed by atoms with Gasteiger partial charge >= 0.3 is 6.09 Å². The molecule has 0 saturated heterocycles. The lowest BCUT2D eigenvalue weighted by atomic mass is 9.96. The number of aliphatic hydroxyl groups is 1. The maximum atomic E-state index is 13.9. The molecule has 0 radical (unpaired) electrons. The number of rotatable bonds is 13. The van der Waals surface area contributed by atoms with Crippen LogP contribution >= 0.6 is 0 Å². The van der Waals surface area contributed by atoms with E-state index < -0.39 is 41.8 Å². The number of unbranched alkanes of at least 4 members (excludes halogenated alkanes) is 5. The molecule has 1 rings (SSSR count). The van der Waals surface area contributed by atoms with Gasteiger partial charge in [0.2, 0.25) is 11.8 Å². The number of hydrogen-bond acceptors (Lipinski definition) is 5. The summed E-state index contributed by atoms with van der Waals surface area (Å²) in [6, 6.07) is 5.32. The molecule has 1 aromatic rings. The van der Waals surface area contributed by atoms with E-state index in [4.69, 9.17) is 4.74 Å². The average molecular weight is 520 g/mol. The van der Waals surface area contributed by atoms with Gasteiger partial charge in [-0.2, -0.15) is 0 Å². The van der Waals surface area contributed by atoms with Gasteiger partial charge in [0.05, 0.1) is 6.61 Å². The molecule has 0 fully saturated rings. The fraction of sp³-hybridized carbons (Fsp3) is 0.690. The van der Waals surface area contributed by atoms with Gasteiger partial charge in [-0.05, 0) is 66.0 Å². The van der Waals surface area contributed by atoms with Crippen molar-refractivity contribution in [1.29, 1.82) is 0 Å². The van der Waals surface area contributed by atoms with Gasteiger partial charge in [-0.3, -0.25) is 9.59 Å². The number of aryl methyl sites for hydroxylation is 1. The van der Waals surface area contributed by atoms with E-state index >= 15 is 0 Å². The topological polar surface area (TPSA) is 108 Å². The lowest BCUT2D eigenvalue weighted by molar-refractivity contribution is -0.144. The highest BCUT2D eigenvalue weighted by Gasteiger charge is 2.37. The monoisotopic (exact) mass is 519 g/mol. The number of carbonyl (C=O) groups excluding carboxylic acids is 3. The van der Waals surface area contributed by atoms with Crippen molar-refractivity contribution in [3.05, 3.63) is 35.4 Å². The van der Waals surface area contributed by atoms with Crippen molar-refractivity contribution >= 4 is 17.9 Å². The Kier molecular flexibility index (Phi) is 13.1. The van der Waals surface area contributed by atoms with Crippen LogP contribution < -0.4 is 10.6 Å². The van der Waals surface area contributed by atoms with E-state index in [1.165, 1.54) is 4.90 Å².